The van der Waals surface area contributed by atoms with Gasteiger partial charge in [-0.3, -0.25) is 9.69 Å². The molecule has 2 rings (SSSR count). The van der Waals surface area contributed by atoms with E-state index >= 15 is 0 Å². The van der Waals surface area contributed by atoms with Crippen LogP contribution in [0.5, 0.6) is 17.2 Å². The van der Waals surface area contributed by atoms with Crippen LogP contribution in [0.15, 0.2) is 12.1 Å². The summed E-state index contributed by atoms with van der Waals surface area (Å²) in [4.78, 5) is 14.1. The average Bonchev–Trinajstić information content (AvgIpc) is 2.90. The van der Waals surface area contributed by atoms with E-state index in [1.54, 1.807) is 17.0 Å². The summed E-state index contributed by atoms with van der Waals surface area (Å²) in [5, 5.41) is 0. The maximum atomic E-state index is 12.5. The second kappa shape index (κ2) is 6.32. The molecule has 108 valence electrons. The molecule has 0 N–H and O–H groups in total. The molecular weight excluding hydrogens is 298 g/mol. The van der Waals surface area contributed by atoms with Crippen molar-refractivity contribution in [2.75, 3.05) is 33.6 Å². The van der Waals surface area contributed by atoms with Gasteiger partial charge in [-0.15, -0.1) is 0 Å². The predicted molar refractivity (Wildman–Crippen MR) is 82.2 cm³/mol. The van der Waals surface area contributed by atoms with Crippen LogP contribution in [0.4, 0.5) is 0 Å². The molecule has 1 amide bonds. The van der Waals surface area contributed by atoms with Crippen LogP contribution in [0, 0.1) is 0 Å². The van der Waals surface area contributed by atoms with Crippen LogP contribution in [-0.2, 0) is 0 Å². The fourth-order valence-electron chi connectivity index (χ4n) is 1.94. The zero-order valence-electron chi connectivity index (χ0n) is 11.5. The van der Waals surface area contributed by atoms with Crippen molar-refractivity contribution in [2.24, 2.45) is 0 Å². The number of methoxy groups -OCH3 is 3. The number of amides is 1. The van der Waals surface area contributed by atoms with E-state index in [0.29, 0.717) is 33.7 Å². The Morgan fingerprint density at radius 3 is 2.20 bits per heavy atom. The smallest absolute Gasteiger partial charge is 0.259 e. The lowest BCUT2D eigenvalue weighted by molar-refractivity contribution is 0.0860. The highest BCUT2D eigenvalue weighted by Gasteiger charge is 2.27. The van der Waals surface area contributed by atoms with E-state index in [1.807, 2.05) is 0 Å². The predicted octanol–water partition coefficient (Wildman–Crippen LogP) is 2.19. The van der Waals surface area contributed by atoms with Crippen LogP contribution in [0.3, 0.4) is 0 Å². The standard InChI is InChI=1S/C13H15NO4S2/c1-16-9-6-8(7-10(17-2)11(9)18-3)12(15)14-4-5-20-13(14)19/h6-7H,4-5H2,1-3H3. The number of rotatable bonds is 4. The number of ether oxygens (including phenoxy) is 3. The van der Waals surface area contributed by atoms with Crippen LogP contribution >= 0.6 is 24.0 Å². The van der Waals surface area contributed by atoms with Gasteiger partial charge in [0.2, 0.25) is 5.75 Å². The quantitative estimate of drug-likeness (QED) is 0.794. The average molecular weight is 313 g/mol. The van der Waals surface area contributed by atoms with Gasteiger partial charge in [-0.25, -0.2) is 0 Å². The van der Waals surface area contributed by atoms with Gasteiger partial charge in [0.1, 0.15) is 4.32 Å². The minimum atomic E-state index is -0.153. The second-order valence-corrected chi connectivity index (χ2v) is 5.71. The van der Waals surface area contributed by atoms with E-state index in [2.05, 4.69) is 0 Å². The van der Waals surface area contributed by atoms with E-state index in [1.165, 1.54) is 33.1 Å². The number of hydrogen-bond donors (Lipinski definition) is 0. The maximum absolute atomic E-state index is 12.5. The molecule has 1 aromatic carbocycles. The van der Waals surface area contributed by atoms with E-state index in [9.17, 15) is 4.79 Å². The number of benzene rings is 1. The molecule has 0 unspecified atom stereocenters. The summed E-state index contributed by atoms with van der Waals surface area (Å²) in [6, 6.07) is 3.27. The minimum Gasteiger partial charge on any atom is -0.493 e. The highest BCUT2D eigenvalue weighted by Crippen LogP contribution is 2.38. The number of thioether (sulfide) groups is 1. The topological polar surface area (TPSA) is 48.0 Å². The molecule has 1 aliphatic heterocycles. The first-order valence-electron chi connectivity index (χ1n) is 5.91. The summed E-state index contributed by atoms with van der Waals surface area (Å²) >= 11 is 6.67. The molecule has 1 aliphatic rings. The van der Waals surface area contributed by atoms with Gasteiger partial charge in [0.25, 0.3) is 5.91 Å². The third-order valence-electron chi connectivity index (χ3n) is 2.92. The fraction of sp³-hybridized carbons (Fsp3) is 0.385. The van der Waals surface area contributed by atoms with Gasteiger partial charge in [-0.05, 0) is 12.1 Å². The number of carbonyl (C=O) groups is 1. The molecule has 1 aromatic rings. The molecule has 0 radical (unpaired) electrons. The minimum absolute atomic E-state index is 0.153. The van der Waals surface area contributed by atoms with Crippen LogP contribution in [-0.4, -0.2) is 48.8 Å². The summed E-state index contributed by atoms with van der Waals surface area (Å²) < 4.78 is 16.3. The summed E-state index contributed by atoms with van der Waals surface area (Å²) in [7, 11) is 4.55. The Labute approximate surface area is 127 Å². The lowest BCUT2D eigenvalue weighted by atomic mass is 10.1. The van der Waals surface area contributed by atoms with Crippen molar-refractivity contribution in [1.29, 1.82) is 0 Å². The lowest BCUT2D eigenvalue weighted by Gasteiger charge is -2.17. The lowest BCUT2D eigenvalue weighted by Crippen LogP contribution is -2.30. The summed E-state index contributed by atoms with van der Waals surface area (Å²) in [6.45, 7) is 0.624. The Morgan fingerprint density at radius 1 is 1.20 bits per heavy atom. The van der Waals surface area contributed by atoms with Gasteiger partial charge in [0.05, 0.1) is 21.3 Å². The summed E-state index contributed by atoms with van der Waals surface area (Å²) in [6.07, 6.45) is 0. The molecule has 20 heavy (non-hydrogen) atoms. The normalized spacial score (nSPS) is 14.3. The van der Waals surface area contributed by atoms with Crippen molar-refractivity contribution >= 4 is 34.2 Å². The number of hydrogen-bond acceptors (Lipinski definition) is 6. The number of carbonyl (C=O) groups excluding carboxylic acids is 1. The number of nitrogens with zero attached hydrogens (tertiary/aromatic N) is 1. The fourth-order valence-corrected chi connectivity index (χ4v) is 3.14. The van der Waals surface area contributed by atoms with E-state index in [4.69, 9.17) is 26.4 Å². The van der Waals surface area contributed by atoms with Crippen molar-refractivity contribution in [3.63, 3.8) is 0 Å². The molecule has 0 saturated carbocycles. The maximum Gasteiger partial charge on any atom is 0.259 e. The largest absolute Gasteiger partial charge is 0.493 e. The Hall–Kier alpha value is -1.47. The van der Waals surface area contributed by atoms with Gasteiger partial charge in [-0.1, -0.05) is 24.0 Å². The van der Waals surface area contributed by atoms with Gasteiger partial charge in [0.15, 0.2) is 11.5 Å². The molecule has 1 fully saturated rings. The SMILES string of the molecule is COc1cc(C(=O)N2CCSC2=S)cc(OC)c1OC. The van der Waals surface area contributed by atoms with Crippen LogP contribution in [0.2, 0.25) is 0 Å². The molecule has 1 heterocycles. The zero-order valence-corrected chi connectivity index (χ0v) is 13.1. The third-order valence-corrected chi connectivity index (χ3v) is 4.35. The van der Waals surface area contributed by atoms with Crippen molar-refractivity contribution in [2.45, 2.75) is 0 Å². The first-order chi connectivity index (χ1) is 9.62. The monoisotopic (exact) mass is 313 g/mol. The van der Waals surface area contributed by atoms with Crippen molar-refractivity contribution in [3.05, 3.63) is 17.7 Å². The third kappa shape index (κ3) is 2.69. The molecule has 0 aromatic heterocycles. The Bertz CT molecular complexity index is 522. The first kappa shape index (κ1) is 14.9. The second-order valence-electron chi connectivity index (χ2n) is 3.99. The van der Waals surface area contributed by atoms with Gasteiger partial charge >= 0.3 is 0 Å². The Morgan fingerprint density at radius 2 is 1.80 bits per heavy atom. The van der Waals surface area contributed by atoms with Crippen LogP contribution < -0.4 is 14.2 Å². The Balaban J connectivity index is 2.41. The van der Waals surface area contributed by atoms with Crippen molar-refractivity contribution < 1.29 is 19.0 Å². The molecule has 0 spiro atoms. The highest BCUT2D eigenvalue weighted by molar-refractivity contribution is 8.23. The van der Waals surface area contributed by atoms with E-state index in [-0.39, 0.29) is 5.91 Å². The molecule has 5 nitrogen and oxygen atoms in total. The van der Waals surface area contributed by atoms with Crippen molar-refractivity contribution in [3.8, 4) is 17.2 Å². The highest BCUT2D eigenvalue weighted by atomic mass is 32.2. The molecular formula is C13H15NO4S2. The number of thiocarbonyl (C=S) groups is 1. The first-order valence-corrected chi connectivity index (χ1v) is 7.30. The van der Waals surface area contributed by atoms with Crippen LogP contribution in [0.1, 0.15) is 10.4 Å². The molecule has 7 heteroatoms. The van der Waals surface area contributed by atoms with Gasteiger partial charge in [-0.2, -0.15) is 0 Å². The molecule has 1 saturated heterocycles. The summed E-state index contributed by atoms with van der Waals surface area (Å²) in [5.74, 6) is 2.04. The molecule has 0 atom stereocenters. The Kier molecular flexibility index (Phi) is 4.72. The van der Waals surface area contributed by atoms with E-state index in [0.717, 1.165) is 5.75 Å². The van der Waals surface area contributed by atoms with Crippen LogP contribution in [0.25, 0.3) is 0 Å². The summed E-state index contributed by atoms with van der Waals surface area (Å²) in [5.41, 5.74) is 0.462. The van der Waals surface area contributed by atoms with E-state index < -0.39 is 0 Å². The van der Waals surface area contributed by atoms with Gasteiger partial charge in [0, 0.05) is 17.9 Å². The molecule has 0 aliphatic carbocycles. The zero-order chi connectivity index (χ0) is 14.7. The van der Waals surface area contributed by atoms with Crippen molar-refractivity contribution in [1.82, 2.24) is 4.90 Å². The molecule has 0 bridgehead atoms. The van der Waals surface area contributed by atoms with Gasteiger partial charge < -0.3 is 14.2 Å².